The standard InChI is InChI=1S/C25H26N2O3/c1-25(2,3)19-9-10-20-21(15-19)29-16-22(30-20)24(28)27-23(17-7-5-4-6-8-17)18-11-13-26-14-12-18/h4-15,22-23H,16H2,1-3H3,(H,27,28)/t22-,23-/m1/s1. The zero-order valence-corrected chi connectivity index (χ0v) is 17.5. The topological polar surface area (TPSA) is 60.5 Å². The van der Waals surface area contributed by atoms with E-state index in [1.165, 1.54) is 0 Å². The Labute approximate surface area is 177 Å². The van der Waals surface area contributed by atoms with Crippen molar-refractivity contribution in [3.8, 4) is 11.5 Å². The molecule has 1 amide bonds. The van der Waals surface area contributed by atoms with Crippen LogP contribution in [0.1, 0.15) is 43.5 Å². The predicted octanol–water partition coefficient (Wildman–Crippen LogP) is 4.42. The molecule has 30 heavy (non-hydrogen) atoms. The summed E-state index contributed by atoms with van der Waals surface area (Å²) in [5.41, 5.74) is 3.12. The van der Waals surface area contributed by atoms with Gasteiger partial charge >= 0.3 is 0 Å². The van der Waals surface area contributed by atoms with E-state index < -0.39 is 6.10 Å². The van der Waals surface area contributed by atoms with Gasteiger partial charge in [-0.1, -0.05) is 57.2 Å². The minimum atomic E-state index is -0.717. The molecule has 5 heteroatoms. The summed E-state index contributed by atoms with van der Waals surface area (Å²) in [6, 6.07) is 19.3. The van der Waals surface area contributed by atoms with Crippen LogP contribution in [0.15, 0.2) is 73.1 Å². The monoisotopic (exact) mass is 402 g/mol. The Bertz CT molecular complexity index is 974. The number of nitrogens with one attached hydrogen (secondary N) is 1. The van der Waals surface area contributed by atoms with Gasteiger partial charge in [-0.05, 0) is 46.4 Å². The summed E-state index contributed by atoms with van der Waals surface area (Å²) in [6.07, 6.45) is 2.73. The van der Waals surface area contributed by atoms with Crippen molar-refractivity contribution in [2.75, 3.05) is 6.61 Å². The van der Waals surface area contributed by atoms with Gasteiger partial charge < -0.3 is 14.8 Å². The molecule has 2 heterocycles. The van der Waals surface area contributed by atoms with Crippen molar-refractivity contribution >= 4 is 5.91 Å². The van der Waals surface area contributed by atoms with Gasteiger partial charge in [-0.2, -0.15) is 0 Å². The molecule has 154 valence electrons. The van der Waals surface area contributed by atoms with Gasteiger partial charge in [-0.15, -0.1) is 0 Å². The summed E-state index contributed by atoms with van der Waals surface area (Å²) < 4.78 is 11.9. The minimum absolute atomic E-state index is 0.0139. The van der Waals surface area contributed by atoms with Crippen LogP contribution in [0.2, 0.25) is 0 Å². The molecule has 1 N–H and O–H groups in total. The lowest BCUT2D eigenvalue weighted by Crippen LogP contribution is -2.45. The molecule has 0 fully saturated rings. The third-order valence-electron chi connectivity index (χ3n) is 5.22. The van der Waals surface area contributed by atoms with Crippen LogP contribution in [-0.2, 0) is 10.2 Å². The number of aromatic nitrogens is 1. The van der Waals surface area contributed by atoms with E-state index in [0.29, 0.717) is 11.5 Å². The minimum Gasteiger partial charge on any atom is -0.485 e. The van der Waals surface area contributed by atoms with Crippen LogP contribution in [0, 0.1) is 0 Å². The molecule has 4 rings (SSSR count). The van der Waals surface area contributed by atoms with Crippen molar-refractivity contribution in [3.63, 3.8) is 0 Å². The quantitative estimate of drug-likeness (QED) is 0.702. The number of hydrogen-bond donors (Lipinski definition) is 1. The highest BCUT2D eigenvalue weighted by atomic mass is 16.6. The second-order valence-electron chi connectivity index (χ2n) is 8.46. The first-order chi connectivity index (χ1) is 14.4. The molecule has 0 saturated carbocycles. The molecule has 0 radical (unpaired) electrons. The Morgan fingerprint density at radius 3 is 2.40 bits per heavy atom. The predicted molar refractivity (Wildman–Crippen MR) is 116 cm³/mol. The maximum atomic E-state index is 13.1. The molecule has 0 bridgehead atoms. The molecule has 0 saturated heterocycles. The van der Waals surface area contributed by atoms with E-state index in [-0.39, 0.29) is 24.0 Å². The van der Waals surface area contributed by atoms with Crippen LogP contribution in [0.25, 0.3) is 0 Å². The van der Waals surface area contributed by atoms with Crippen LogP contribution in [-0.4, -0.2) is 23.6 Å². The average molecular weight is 402 g/mol. The number of rotatable bonds is 4. The van der Waals surface area contributed by atoms with Crippen molar-refractivity contribution in [2.24, 2.45) is 0 Å². The Morgan fingerprint density at radius 1 is 1.00 bits per heavy atom. The fourth-order valence-electron chi connectivity index (χ4n) is 3.46. The molecular weight excluding hydrogens is 376 g/mol. The number of amides is 1. The molecule has 1 aromatic heterocycles. The average Bonchev–Trinajstić information content (AvgIpc) is 2.77. The highest BCUT2D eigenvalue weighted by Gasteiger charge is 2.30. The van der Waals surface area contributed by atoms with Gasteiger partial charge in [0.15, 0.2) is 11.5 Å². The normalized spacial score (nSPS) is 16.6. The number of benzene rings is 2. The van der Waals surface area contributed by atoms with E-state index in [2.05, 4.69) is 31.1 Å². The van der Waals surface area contributed by atoms with E-state index in [0.717, 1.165) is 16.7 Å². The molecule has 3 aromatic rings. The molecule has 5 nitrogen and oxygen atoms in total. The number of carbonyl (C=O) groups is 1. The Morgan fingerprint density at radius 2 is 1.70 bits per heavy atom. The number of ether oxygens (including phenoxy) is 2. The maximum Gasteiger partial charge on any atom is 0.265 e. The van der Waals surface area contributed by atoms with E-state index >= 15 is 0 Å². The van der Waals surface area contributed by atoms with Gasteiger partial charge in [0.2, 0.25) is 6.10 Å². The number of hydrogen-bond acceptors (Lipinski definition) is 4. The molecular formula is C25H26N2O3. The maximum absolute atomic E-state index is 13.1. The Kier molecular flexibility index (Phi) is 5.44. The summed E-state index contributed by atoms with van der Waals surface area (Å²) >= 11 is 0. The second kappa shape index (κ2) is 8.19. The van der Waals surface area contributed by atoms with Gasteiger partial charge in [0, 0.05) is 12.4 Å². The largest absolute Gasteiger partial charge is 0.485 e. The third-order valence-corrected chi connectivity index (χ3v) is 5.22. The van der Waals surface area contributed by atoms with Gasteiger partial charge in [0.1, 0.15) is 6.61 Å². The highest BCUT2D eigenvalue weighted by molar-refractivity contribution is 5.82. The molecule has 2 aromatic carbocycles. The van der Waals surface area contributed by atoms with Crippen LogP contribution in [0.5, 0.6) is 11.5 Å². The van der Waals surface area contributed by atoms with Gasteiger partial charge in [-0.3, -0.25) is 9.78 Å². The Balaban J connectivity index is 1.53. The summed E-state index contributed by atoms with van der Waals surface area (Å²) in [4.78, 5) is 17.1. The van der Waals surface area contributed by atoms with Crippen LogP contribution in [0.3, 0.4) is 0 Å². The molecule has 0 aliphatic carbocycles. The lowest BCUT2D eigenvalue weighted by molar-refractivity contribution is -0.130. The van der Waals surface area contributed by atoms with E-state index in [9.17, 15) is 4.79 Å². The fourth-order valence-corrected chi connectivity index (χ4v) is 3.46. The second-order valence-corrected chi connectivity index (χ2v) is 8.46. The summed E-state index contributed by atoms with van der Waals surface area (Å²) in [7, 11) is 0. The zero-order chi connectivity index (χ0) is 21.1. The summed E-state index contributed by atoms with van der Waals surface area (Å²) in [5, 5.41) is 3.11. The number of fused-ring (bicyclic) bond motifs is 1. The lowest BCUT2D eigenvalue weighted by atomic mass is 9.87. The first-order valence-corrected chi connectivity index (χ1v) is 10.1. The van der Waals surface area contributed by atoms with Crippen molar-refractivity contribution in [1.29, 1.82) is 0 Å². The first-order valence-electron chi connectivity index (χ1n) is 10.1. The van der Waals surface area contributed by atoms with Crippen LogP contribution < -0.4 is 14.8 Å². The van der Waals surface area contributed by atoms with E-state index in [1.54, 1.807) is 12.4 Å². The molecule has 1 aliphatic heterocycles. The van der Waals surface area contributed by atoms with E-state index in [4.69, 9.17) is 9.47 Å². The Hall–Kier alpha value is -3.34. The SMILES string of the molecule is CC(C)(C)c1ccc2c(c1)OC[C@H](C(=O)N[C@H](c1ccccc1)c1ccncc1)O2. The van der Waals surface area contributed by atoms with Crippen molar-refractivity contribution in [2.45, 2.75) is 38.3 Å². The molecule has 1 aliphatic rings. The van der Waals surface area contributed by atoms with Crippen LogP contribution in [0.4, 0.5) is 0 Å². The van der Waals surface area contributed by atoms with Gasteiger partial charge in [0.05, 0.1) is 6.04 Å². The van der Waals surface area contributed by atoms with E-state index in [1.807, 2.05) is 60.7 Å². The van der Waals surface area contributed by atoms with Crippen molar-refractivity contribution in [1.82, 2.24) is 10.3 Å². The van der Waals surface area contributed by atoms with Crippen LogP contribution >= 0.6 is 0 Å². The fraction of sp³-hybridized carbons (Fsp3) is 0.280. The zero-order valence-electron chi connectivity index (χ0n) is 17.5. The summed E-state index contributed by atoms with van der Waals surface area (Å²) in [6.45, 7) is 6.62. The molecule has 0 spiro atoms. The molecule has 0 unspecified atom stereocenters. The van der Waals surface area contributed by atoms with Crippen molar-refractivity contribution < 1.29 is 14.3 Å². The van der Waals surface area contributed by atoms with Gasteiger partial charge in [0.25, 0.3) is 5.91 Å². The molecule has 2 atom stereocenters. The highest BCUT2D eigenvalue weighted by Crippen LogP contribution is 2.36. The number of nitrogens with zero attached hydrogens (tertiary/aromatic N) is 1. The first kappa shape index (κ1) is 20.0. The number of carbonyl (C=O) groups excluding carboxylic acids is 1. The summed E-state index contributed by atoms with van der Waals surface area (Å²) in [5.74, 6) is 1.06. The number of pyridine rings is 1. The van der Waals surface area contributed by atoms with Crippen molar-refractivity contribution in [3.05, 3.63) is 89.7 Å². The third kappa shape index (κ3) is 4.30. The van der Waals surface area contributed by atoms with Gasteiger partial charge in [-0.25, -0.2) is 0 Å². The smallest absolute Gasteiger partial charge is 0.265 e. The lowest BCUT2D eigenvalue weighted by Gasteiger charge is -2.29.